The SMILES string of the molecule is CNCC1CCCN1C(=O)c1cc(-c2ccco2)[nH]n1.Cl. The normalized spacial score (nSPS) is 17.8. The lowest BCUT2D eigenvalue weighted by atomic mass is 10.2. The first-order chi connectivity index (χ1) is 9.79. The van der Waals surface area contributed by atoms with E-state index < -0.39 is 0 Å². The van der Waals surface area contributed by atoms with Crippen molar-refractivity contribution in [2.75, 3.05) is 20.1 Å². The van der Waals surface area contributed by atoms with Crippen molar-refractivity contribution in [1.29, 1.82) is 0 Å². The Balaban J connectivity index is 0.00000161. The van der Waals surface area contributed by atoms with Crippen LogP contribution in [0, 0.1) is 0 Å². The molecule has 1 aliphatic rings. The molecule has 114 valence electrons. The first-order valence-corrected chi connectivity index (χ1v) is 6.84. The third-order valence-electron chi connectivity index (χ3n) is 3.66. The van der Waals surface area contributed by atoms with Gasteiger partial charge >= 0.3 is 0 Å². The number of amides is 1. The molecule has 3 rings (SSSR count). The highest BCUT2D eigenvalue weighted by molar-refractivity contribution is 5.93. The third-order valence-corrected chi connectivity index (χ3v) is 3.66. The van der Waals surface area contributed by atoms with Crippen LogP contribution in [0.4, 0.5) is 0 Å². The van der Waals surface area contributed by atoms with Gasteiger partial charge in [-0.1, -0.05) is 0 Å². The first kappa shape index (κ1) is 15.6. The molecule has 1 saturated heterocycles. The largest absolute Gasteiger partial charge is 0.463 e. The maximum absolute atomic E-state index is 12.5. The number of H-pyrrole nitrogens is 1. The molecule has 2 aromatic rings. The fourth-order valence-corrected chi connectivity index (χ4v) is 2.69. The highest BCUT2D eigenvalue weighted by Crippen LogP contribution is 2.22. The minimum absolute atomic E-state index is 0. The summed E-state index contributed by atoms with van der Waals surface area (Å²) in [6.07, 6.45) is 3.69. The molecule has 6 nitrogen and oxygen atoms in total. The molecule has 0 aliphatic carbocycles. The molecular weight excluding hydrogens is 292 g/mol. The lowest BCUT2D eigenvalue weighted by molar-refractivity contribution is 0.0731. The molecule has 3 heterocycles. The highest BCUT2D eigenvalue weighted by Gasteiger charge is 2.30. The second-order valence-corrected chi connectivity index (χ2v) is 5.00. The Morgan fingerprint density at radius 1 is 1.62 bits per heavy atom. The number of aromatic nitrogens is 2. The van der Waals surface area contributed by atoms with Gasteiger partial charge in [0.15, 0.2) is 11.5 Å². The fourth-order valence-electron chi connectivity index (χ4n) is 2.69. The van der Waals surface area contributed by atoms with Crippen molar-refractivity contribution >= 4 is 18.3 Å². The zero-order valence-corrected chi connectivity index (χ0v) is 12.7. The Labute approximate surface area is 129 Å². The van der Waals surface area contributed by atoms with E-state index in [1.54, 1.807) is 18.4 Å². The molecule has 21 heavy (non-hydrogen) atoms. The Bertz CT molecular complexity index is 582. The van der Waals surface area contributed by atoms with Crippen LogP contribution in [-0.2, 0) is 0 Å². The summed E-state index contributed by atoms with van der Waals surface area (Å²) in [5.74, 6) is 0.668. The van der Waals surface area contributed by atoms with Gasteiger partial charge in [0.2, 0.25) is 0 Å². The molecule has 0 radical (unpaired) electrons. The summed E-state index contributed by atoms with van der Waals surface area (Å²) in [5.41, 5.74) is 1.17. The standard InChI is InChI=1S/C14H18N4O2.ClH/c1-15-9-10-4-2-6-18(10)14(19)12-8-11(16-17-12)13-5-3-7-20-13;/h3,5,7-8,10,15H,2,4,6,9H2,1H3,(H,16,17);1H. The predicted molar refractivity (Wildman–Crippen MR) is 81.5 cm³/mol. The first-order valence-electron chi connectivity index (χ1n) is 6.84. The van der Waals surface area contributed by atoms with Crippen LogP contribution in [0.25, 0.3) is 11.5 Å². The van der Waals surface area contributed by atoms with E-state index in [2.05, 4.69) is 15.5 Å². The van der Waals surface area contributed by atoms with Gasteiger partial charge in [-0.3, -0.25) is 9.89 Å². The molecule has 0 aromatic carbocycles. The fraction of sp³-hybridized carbons (Fsp3) is 0.429. The molecule has 1 fully saturated rings. The second kappa shape index (κ2) is 6.78. The zero-order valence-electron chi connectivity index (χ0n) is 11.8. The van der Waals surface area contributed by atoms with E-state index in [1.165, 1.54) is 0 Å². The van der Waals surface area contributed by atoms with Crippen molar-refractivity contribution in [2.45, 2.75) is 18.9 Å². The molecule has 7 heteroatoms. The number of halogens is 1. The van der Waals surface area contributed by atoms with Crippen LogP contribution in [0.15, 0.2) is 28.9 Å². The van der Waals surface area contributed by atoms with Gasteiger partial charge in [0, 0.05) is 25.2 Å². The number of furan rings is 1. The molecular formula is C14H19ClN4O2. The minimum atomic E-state index is -0.0168. The van der Waals surface area contributed by atoms with Gasteiger partial charge in [0.05, 0.1) is 6.26 Å². The van der Waals surface area contributed by atoms with Crippen LogP contribution < -0.4 is 5.32 Å². The van der Waals surface area contributed by atoms with Gasteiger partial charge in [0.1, 0.15) is 5.69 Å². The predicted octanol–water partition coefficient (Wildman–Crippen LogP) is 1.92. The summed E-state index contributed by atoms with van der Waals surface area (Å²) in [6.45, 7) is 1.62. The quantitative estimate of drug-likeness (QED) is 0.904. The maximum Gasteiger partial charge on any atom is 0.274 e. The molecule has 1 unspecified atom stereocenters. The average molecular weight is 311 g/mol. The van der Waals surface area contributed by atoms with Crippen molar-refractivity contribution in [3.05, 3.63) is 30.2 Å². The van der Waals surface area contributed by atoms with Crippen LogP contribution in [0.2, 0.25) is 0 Å². The van der Waals surface area contributed by atoms with Gasteiger partial charge in [-0.05, 0) is 32.0 Å². The van der Waals surface area contributed by atoms with Crippen LogP contribution in [0.5, 0.6) is 0 Å². The van der Waals surface area contributed by atoms with Crippen LogP contribution in [-0.4, -0.2) is 47.2 Å². The highest BCUT2D eigenvalue weighted by atomic mass is 35.5. The Morgan fingerprint density at radius 2 is 2.48 bits per heavy atom. The van der Waals surface area contributed by atoms with Gasteiger partial charge < -0.3 is 14.6 Å². The number of nitrogens with zero attached hydrogens (tertiary/aromatic N) is 2. The van der Waals surface area contributed by atoms with Crippen molar-refractivity contribution in [2.24, 2.45) is 0 Å². The molecule has 1 amide bonds. The molecule has 2 aromatic heterocycles. The topological polar surface area (TPSA) is 74.2 Å². The van der Waals surface area contributed by atoms with Gasteiger partial charge in [-0.15, -0.1) is 12.4 Å². The maximum atomic E-state index is 12.5. The van der Waals surface area contributed by atoms with E-state index in [4.69, 9.17) is 4.42 Å². The van der Waals surface area contributed by atoms with Gasteiger partial charge in [-0.25, -0.2) is 0 Å². The van der Waals surface area contributed by atoms with E-state index in [0.717, 1.165) is 31.6 Å². The molecule has 2 N–H and O–H groups in total. The smallest absolute Gasteiger partial charge is 0.274 e. The molecule has 1 aliphatic heterocycles. The van der Waals surface area contributed by atoms with Crippen LogP contribution >= 0.6 is 12.4 Å². The monoisotopic (exact) mass is 310 g/mol. The van der Waals surface area contributed by atoms with Crippen LogP contribution in [0.3, 0.4) is 0 Å². The lowest BCUT2D eigenvalue weighted by Crippen LogP contribution is -2.41. The van der Waals surface area contributed by atoms with E-state index >= 15 is 0 Å². The second-order valence-electron chi connectivity index (χ2n) is 5.00. The van der Waals surface area contributed by atoms with E-state index in [-0.39, 0.29) is 24.4 Å². The zero-order chi connectivity index (χ0) is 13.9. The molecule has 0 spiro atoms. The van der Waals surface area contributed by atoms with Gasteiger partial charge in [0.25, 0.3) is 5.91 Å². The molecule has 1 atom stereocenters. The number of hydrogen-bond acceptors (Lipinski definition) is 4. The molecule has 0 saturated carbocycles. The lowest BCUT2D eigenvalue weighted by Gasteiger charge is -2.23. The van der Waals surface area contributed by atoms with Crippen molar-refractivity contribution in [3.8, 4) is 11.5 Å². The number of likely N-dealkylation sites (tertiary alicyclic amines) is 1. The Kier molecular flexibility index (Phi) is 5.03. The van der Waals surface area contributed by atoms with Gasteiger partial charge in [-0.2, -0.15) is 5.10 Å². The van der Waals surface area contributed by atoms with Crippen molar-refractivity contribution < 1.29 is 9.21 Å². The Morgan fingerprint density at radius 3 is 3.19 bits per heavy atom. The number of likely N-dealkylation sites (N-methyl/N-ethyl adjacent to an activating group) is 1. The number of aromatic amines is 1. The summed E-state index contributed by atoms with van der Waals surface area (Å²) in [7, 11) is 1.91. The number of hydrogen-bond donors (Lipinski definition) is 2. The average Bonchev–Trinajstić information content (AvgIpc) is 3.19. The summed E-state index contributed by atoms with van der Waals surface area (Å²) in [6, 6.07) is 5.65. The Hall–Kier alpha value is -1.79. The van der Waals surface area contributed by atoms with Crippen LogP contribution in [0.1, 0.15) is 23.3 Å². The number of rotatable bonds is 4. The number of carbonyl (C=O) groups is 1. The third kappa shape index (κ3) is 3.11. The molecule has 0 bridgehead atoms. The minimum Gasteiger partial charge on any atom is -0.463 e. The summed E-state index contributed by atoms with van der Waals surface area (Å²) in [5, 5.41) is 10.1. The van der Waals surface area contributed by atoms with E-state index in [0.29, 0.717) is 11.5 Å². The summed E-state index contributed by atoms with van der Waals surface area (Å²) >= 11 is 0. The van der Waals surface area contributed by atoms with Crippen molar-refractivity contribution in [3.63, 3.8) is 0 Å². The number of nitrogens with one attached hydrogen (secondary N) is 2. The number of carbonyl (C=O) groups excluding carboxylic acids is 1. The van der Waals surface area contributed by atoms with E-state index in [9.17, 15) is 4.79 Å². The summed E-state index contributed by atoms with van der Waals surface area (Å²) in [4.78, 5) is 14.4. The van der Waals surface area contributed by atoms with Crippen molar-refractivity contribution in [1.82, 2.24) is 20.4 Å². The summed E-state index contributed by atoms with van der Waals surface area (Å²) < 4.78 is 5.29. The van der Waals surface area contributed by atoms with E-state index in [1.807, 2.05) is 18.0 Å².